The van der Waals surface area contributed by atoms with Crippen molar-refractivity contribution in [2.24, 2.45) is 7.05 Å². The van der Waals surface area contributed by atoms with E-state index in [9.17, 15) is 4.79 Å². The van der Waals surface area contributed by atoms with Crippen LogP contribution in [-0.2, 0) is 24.8 Å². The van der Waals surface area contributed by atoms with E-state index in [0.29, 0.717) is 24.5 Å². The first-order valence-corrected chi connectivity index (χ1v) is 7.22. The van der Waals surface area contributed by atoms with E-state index >= 15 is 0 Å². The van der Waals surface area contributed by atoms with Crippen LogP contribution in [0.2, 0.25) is 0 Å². The maximum atomic E-state index is 11.9. The molecule has 22 heavy (non-hydrogen) atoms. The molecular weight excluding hydrogens is 280 g/mol. The van der Waals surface area contributed by atoms with Gasteiger partial charge in [0.25, 0.3) is 0 Å². The number of carbonyl (C=O) groups excluding carboxylic acids is 1. The van der Waals surface area contributed by atoms with Crippen LogP contribution in [0.15, 0.2) is 36.5 Å². The quantitative estimate of drug-likeness (QED) is 0.854. The summed E-state index contributed by atoms with van der Waals surface area (Å²) in [7, 11) is 5.18. The minimum atomic E-state index is 0.0379. The predicted molar refractivity (Wildman–Crippen MR) is 85.1 cm³/mol. The van der Waals surface area contributed by atoms with E-state index in [-0.39, 0.29) is 5.91 Å². The zero-order valence-corrected chi connectivity index (χ0v) is 13.3. The first-order chi connectivity index (χ1) is 10.6. The number of nitrogens with zero attached hydrogens (tertiary/aromatic N) is 1. The predicted octanol–water partition coefficient (Wildman–Crippen LogP) is 2.29. The third-order valence-corrected chi connectivity index (χ3v) is 3.60. The van der Waals surface area contributed by atoms with Crippen molar-refractivity contribution in [3.8, 4) is 11.5 Å². The molecule has 2 aromatic rings. The van der Waals surface area contributed by atoms with Crippen LogP contribution in [-0.4, -0.2) is 24.7 Å². The molecule has 0 bridgehead atoms. The molecule has 0 saturated carbocycles. The molecule has 0 unspecified atom stereocenters. The van der Waals surface area contributed by atoms with Gasteiger partial charge in [-0.25, -0.2) is 0 Å². The van der Waals surface area contributed by atoms with Gasteiger partial charge >= 0.3 is 0 Å². The number of nitrogens with one attached hydrogen (secondary N) is 1. The van der Waals surface area contributed by atoms with Gasteiger partial charge in [-0.2, -0.15) is 0 Å². The lowest BCUT2D eigenvalue weighted by molar-refractivity contribution is -0.121. The van der Waals surface area contributed by atoms with E-state index in [1.54, 1.807) is 14.2 Å². The third kappa shape index (κ3) is 4.04. The van der Waals surface area contributed by atoms with Crippen molar-refractivity contribution in [1.29, 1.82) is 0 Å². The van der Waals surface area contributed by atoms with Crippen LogP contribution in [0, 0.1) is 0 Å². The van der Waals surface area contributed by atoms with Gasteiger partial charge < -0.3 is 19.4 Å². The molecule has 1 aromatic heterocycles. The summed E-state index contributed by atoms with van der Waals surface area (Å²) in [4.78, 5) is 11.9. The number of aryl methyl sites for hydroxylation is 2. The first kappa shape index (κ1) is 15.9. The summed E-state index contributed by atoms with van der Waals surface area (Å²) < 4.78 is 12.5. The van der Waals surface area contributed by atoms with Crippen LogP contribution in [0.3, 0.4) is 0 Å². The normalized spacial score (nSPS) is 10.3. The molecule has 0 aliphatic carbocycles. The van der Waals surface area contributed by atoms with Crippen LogP contribution >= 0.6 is 0 Å². The Morgan fingerprint density at radius 1 is 1.18 bits per heavy atom. The smallest absolute Gasteiger partial charge is 0.220 e. The SMILES string of the molecule is COc1ccc(CNC(=O)CCc2cccn2C)cc1OC. The molecule has 0 atom stereocenters. The summed E-state index contributed by atoms with van der Waals surface area (Å²) in [5.74, 6) is 1.38. The molecular formula is C17H22N2O3. The van der Waals surface area contributed by atoms with E-state index in [1.165, 1.54) is 0 Å². The van der Waals surface area contributed by atoms with Crippen LogP contribution in [0.5, 0.6) is 11.5 Å². The van der Waals surface area contributed by atoms with Crippen LogP contribution in [0.1, 0.15) is 17.7 Å². The molecule has 1 amide bonds. The average molecular weight is 302 g/mol. The number of aromatic nitrogens is 1. The van der Waals surface area contributed by atoms with Gasteiger partial charge in [-0.3, -0.25) is 4.79 Å². The van der Waals surface area contributed by atoms with E-state index in [1.807, 2.05) is 48.1 Å². The van der Waals surface area contributed by atoms with Gasteiger partial charge in [0.1, 0.15) is 0 Å². The van der Waals surface area contributed by atoms with Crippen molar-refractivity contribution < 1.29 is 14.3 Å². The topological polar surface area (TPSA) is 52.5 Å². The molecule has 118 valence electrons. The molecule has 0 aliphatic heterocycles. The maximum Gasteiger partial charge on any atom is 0.220 e. The second kappa shape index (κ2) is 7.54. The fraction of sp³-hybridized carbons (Fsp3) is 0.353. The first-order valence-electron chi connectivity index (χ1n) is 7.22. The number of hydrogen-bond acceptors (Lipinski definition) is 3. The summed E-state index contributed by atoms with van der Waals surface area (Å²) in [5.41, 5.74) is 2.13. The molecule has 5 heteroatoms. The minimum absolute atomic E-state index is 0.0379. The number of amides is 1. The lowest BCUT2D eigenvalue weighted by atomic mass is 10.2. The molecule has 0 aliphatic rings. The van der Waals surface area contributed by atoms with Gasteiger partial charge in [0.05, 0.1) is 14.2 Å². The molecule has 5 nitrogen and oxygen atoms in total. The fourth-order valence-electron chi connectivity index (χ4n) is 2.28. The Morgan fingerprint density at radius 2 is 1.95 bits per heavy atom. The Labute approximate surface area is 130 Å². The lowest BCUT2D eigenvalue weighted by Gasteiger charge is -2.10. The number of rotatable bonds is 7. The molecule has 1 N–H and O–H groups in total. The van der Waals surface area contributed by atoms with E-state index in [2.05, 4.69) is 5.32 Å². The van der Waals surface area contributed by atoms with Crippen molar-refractivity contribution in [1.82, 2.24) is 9.88 Å². The van der Waals surface area contributed by atoms with Crippen molar-refractivity contribution in [3.63, 3.8) is 0 Å². The van der Waals surface area contributed by atoms with Crippen LogP contribution in [0.4, 0.5) is 0 Å². The van der Waals surface area contributed by atoms with Gasteiger partial charge in [-0.05, 0) is 36.2 Å². The second-order valence-corrected chi connectivity index (χ2v) is 5.08. The summed E-state index contributed by atoms with van der Waals surface area (Å²) in [6, 6.07) is 9.64. The molecule has 0 spiro atoms. The Morgan fingerprint density at radius 3 is 2.59 bits per heavy atom. The Bertz CT molecular complexity index is 635. The van der Waals surface area contributed by atoms with Crippen molar-refractivity contribution in [2.75, 3.05) is 14.2 Å². The highest BCUT2D eigenvalue weighted by Gasteiger charge is 2.07. The highest BCUT2D eigenvalue weighted by molar-refractivity contribution is 5.76. The highest BCUT2D eigenvalue weighted by Crippen LogP contribution is 2.27. The van der Waals surface area contributed by atoms with Crippen LogP contribution < -0.4 is 14.8 Å². The van der Waals surface area contributed by atoms with Gasteiger partial charge in [-0.15, -0.1) is 0 Å². The van der Waals surface area contributed by atoms with Gasteiger partial charge in [0.2, 0.25) is 5.91 Å². The molecule has 2 rings (SSSR count). The average Bonchev–Trinajstić information content (AvgIpc) is 2.95. The number of hydrogen-bond donors (Lipinski definition) is 1. The molecule has 0 radical (unpaired) electrons. The van der Waals surface area contributed by atoms with Crippen molar-refractivity contribution in [2.45, 2.75) is 19.4 Å². The lowest BCUT2D eigenvalue weighted by Crippen LogP contribution is -2.23. The van der Waals surface area contributed by atoms with Gasteiger partial charge in [-0.1, -0.05) is 6.07 Å². The molecule has 0 fully saturated rings. The molecule has 1 heterocycles. The third-order valence-electron chi connectivity index (χ3n) is 3.60. The van der Waals surface area contributed by atoms with E-state index < -0.39 is 0 Å². The number of carbonyl (C=O) groups is 1. The summed E-state index contributed by atoms with van der Waals surface area (Å²) in [6.07, 6.45) is 3.20. The number of benzene rings is 1. The number of ether oxygens (including phenoxy) is 2. The molecule has 1 aromatic carbocycles. The second-order valence-electron chi connectivity index (χ2n) is 5.08. The Hall–Kier alpha value is -2.43. The number of methoxy groups -OCH3 is 2. The largest absolute Gasteiger partial charge is 0.493 e. The van der Waals surface area contributed by atoms with E-state index in [4.69, 9.17) is 9.47 Å². The van der Waals surface area contributed by atoms with Gasteiger partial charge in [0, 0.05) is 31.9 Å². The summed E-state index contributed by atoms with van der Waals surface area (Å²) in [5, 5.41) is 2.93. The van der Waals surface area contributed by atoms with Gasteiger partial charge in [0.15, 0.2) is 11.5 Å². The fourth-order valence-corrected chi connectivity index (χ4v) is 2.28. The summed E-state index contributed by atoms with van der Waals surface area (Å²) >= 11 is 0. The van der Waals surface area contributed by atoms with Crippen LogP contribution in [0.25, 0.3) is 0 Å². The summed E-state index contributed by atoms with van der Waals surface area (Å²) in [6.45, 7) is 0.478. The Kier molecular flexibility index (Phi) is 5.47. The van der Waals surface area contributed by atoms with Crippen molar-refractivity contribution in [3.05, 3.63) is 47.8 Å². The zero-order chi connectivity index (χ0) is 15.9. The monoisotopic (exact) mass is 302 g/mol. The minimum Gasteiger partial charge on any atom is -0.493 e. The maximum absolute atomic E-state index is 11.9. The van der Waals surface area contributed by atoms with E-state index in [0.717, 1.165) is 17.7 Å². The standard InChI is InChI=1S/C17H22N2O3/c1-19-10-4-5-14(19)7-9-17(20)18-12-13-6-8-15(21-2)16(11-13)22-3/h4-6,8,10-11H,7,9,12H2,1-3H3,(H,18,20). The zero-order valence-electron chi connectivity index (χ0n) is 13.3. The Balaban J connectivity index is 1.84. The highest BCUT2D eigenvalue weighted by atomic mass is 16.5. The molecule has 0 saturated heterocycles. The van der Waals surface area contributed by atoms with Crippen molar-refractivity contribution >= 4 is 5.91 Å².